The quantitative estimate of drug-likeness (QED) is 0.202. The highest BCUT2D eigenvalue weighted by atomic mass is 16.6. The van der Waals surface area contributed by atoms with E-state index in [0.29, 0.717) is 35.8 Å². The summed E-state index contributed by atoms with van der Waals surface area (Å²) in [6, 6.07) is 16.5. The summed E-state index contributed by atoms with van der Waals surface area (Å²) in [5, 5.41) is 14.7. The number of nitro benzene ring substituents is 1. The summed E-state index contributed by atoms with van der Waals surface area (Å²) in [5.74, 6) is 0.124. The number of rotatable bonds is 6. The fraction of sp³-hybridized carbons (Fsp3) is 0.0870. The van der Waals surface area contributed by atoms with Gasteiger partial charge in [-0.2, -0.15) is 5.10 Å². The Hall–Kier alpha value is -4.73. The topological polar surface area (TPSA) is 129 Å². The maximum absolute atomic E-state index is 12.4. The maximum atomic E-state index is 12.4. The minimum atomic E-state index is -0.689. The van der Waals surface area contributed by atoms with Crippen LogP contribution < -0.4 is 19.6 Å². The standard InChI is InChI=1S/C23H17N3O7/c27-22(16-7-10-20-21(13-16)32-12-11-31-20)25-24-14-17-3-1-2-4-19(17)33-23(28)15-5-8-18(9-6-15)26(29)30/h1-10,13-14H,11-12H2,(H,25,27)/b24-14-. The number of amides is 1. The number of nitro groups is 1. The molecule has 0 bridgehead atoms. The Morgan fingerprint density at radius 3 is 2.42 bits per heavy atom. The molecular weight excluding hydrogens is 430 g/mol. The molecule has 1 aliphatic rings. The van der Waals surface area contributed by atoms with E-state index in [1.54, 1.807) is 42.5 Å². The average molecular weight is 447 g/mol. The Morgan fingerprint density at radius 2 is 1.67 bits per heavy atom. The van der Waals surface area contributed by atoms with E-state index in [0.717, 1.165) is 0 Å². The lowest BCUT2D eigenvalue weighted by atomic mass is 10.2. The number of fused-ring (bicyclic) bond motifs is 1. The van der Waals surface area contributed by atoms with Gasteiger partial charge in [-0.1, -0.05) is 12.1 Å². The SMILES string of the molecule is O=C(N/N=C\c1ccccc1OC(=O)c1ccc([N+](=O)[O-])cc1)c1ccc2c(c1)OCCO2. The summed E-state index contributed by atoms with van der Waals surface area (Å²) in [6.07, 6.45) is 1.34. The van der Waals surface area contributed by atoms with Crippen molar-refractivity contribution in [2.75, 3.05) is 13.2 Å². The molecule has 4 rings (SSSR count). The van der Waals surface area contributed by atoms with Crippen LogP contribution in [0.5, 0.6) is 17.2 Å². The molecule has 0 aromatic heterocycles. The molecule has 3 aromatic carbocycles. The zero-order chi connectivity index (χ0) is 23.2. The van der Waals surface area contributed by atoms with Crippen molar-refractivity contribution < 1.29 is 28.7 Å². The smallest absolute Gasteiger partial charge is 0.343 e. The number of nitrogens with zero attached hydrogens (tertiary/aromatic N) is 2. The molecule has 1 N–H and O–H groups in total. The van der Waals surface area contributed by atoms with Gasteiger partial charge in [-0.25, -0.2) is 10.2 Å². The Balaban J connectivity index is 1.42. The average Bonchev–Trinajstić information content (AvgIpc) is 2.84. The van der Waals surface area contributed by atoms with E-state index in [2.05, 4.69) is 10.5 Å². The highest BCUT2D eigenvalue weighted by Gasteiger charge is 2.15. The van der Waals surface area contributed by atoms with Crippen LogP contribution in [0.1, 0.15) is 26.3 Å². The van der Waals surface area contributed by atoms with E-state index >= 15 is 0 Å². The van der Waals surface area contributed by atoms with Crippen molar-refractivity contribution >= 4 is 23.8 Å². The van der Waals surface area contributed by atoms with E-state index in [1.165, 1.54) is 30.5 Å². The van der Waals surface area contributed by atoms with Crippen molar-refractivity contribution in [2.24, 2.45) is 5.10 Å². The van der Waals surface area contributed by atoms with Crippen molar-refractivity contribution in [1.29, 1.82) is 0 Å². The number of esters is 1. The third kappa shape index (κ3) is 5.13. The van der Waals surface area contributed by atoms with Crippen LogP contribution in [0.25, 0.3) is 0 Å². The monoisotopic (exact) mass is 447 g/mol. The van der Waals surface area contributed by atoms with Crippen molar-refractivity contribution in [2.45, 2.75) is 0 Å². The number of hydrogen-bond acceptors (Lipinski definition) is 8. The second kappa shape index (κ2) is 9.60. The number of non-ortho nitro benzene ring substituents is 1. The second-order valence-corrected chi connectivity index (χ2v) is 6.79. The second-order valence-electron chi connectivity index (χ2n) is 6.79. The number of carbonyl (C=O) groups is 2. The largest absolute Gasteiger partial charge is 0.486 e. The van der Waals surface area contributed by atoms with Crippen LogP contribution in [0.2, 0.25) is 0 Å². The minimum Gasteiger partial charge on any atom is -0.486 e. The summed E-state index contributed by atoms with van der Waals surface area (Å²) in [5.41, 5.74) is 3.22. The lowest BCUT2D eigenvalue weighted by Crippen LogP contribution is -2.19. The minimum absolute atomic E-state index is 0.132. The molecule has 10 nitrogen and oxygen atoms in total. The number of hydrazone groups is 1. The van der Waals surface area contributed by atoms with Crippen LogP contribution in [0, 0.1) is 10.1 Å². The van der Waals surface area contributed by atoms with Gasteiger partial charge in [0.25, 0.3) is 11.6 Å². The molecule has 0 radical (unpaired) electrons. The summed E-state index contributed by atoms with van der Waals surface area (Å²) in [7, 11) is 0. The van der Waals surface area contributed by atoms with Gasteiger partial charge in [-0.15, -0.1) is 0 Å². The highest BCUT2D eigenvalue weighted by molar-refractivity contribution is 5.96. The van der Waals surface area contributed by atoms with Crippen molar-refractivity contribution in [3.63, 3.8) is 0 Å². The molecule has 0 spiro atoms. The number of ether oxygens (including phenoxy) is 3. The third-order valence-corrected chi connectivity index (χ3v) is 4.61. The van der Waals surface area contributed by atoms with Gasteiger partial charge in [0.05, 0.1) is 16.7 Å². The van der Waals surface area contributed by atoms with Crippen LogP contribution in [-0.4, -0.2) is 36.2 Å². The zero-order valence-corrected chi connectivity index (χ0v) is 17.1. The molecule has 3 aromatic rings. The molecule has 166 valence electrons. The van der Waals surface area contributed by atoms with Gasteiger partial charge in [0.2, 0.25) is 0 Å². The number of nitrogens with one attached hydrogen (secondary N) is 1. The molecule has 0 aliphatic carbocycles. The zero-order valence-electron chi connectivity index (χ0n) is 17.1. The van der Waals surface area contributed by atoms with Gasteiger partial charge >= 0.3 is 5.97 Å². The first kappa shape index (κ1) is 21.5. The molecule has 0 saturated carbocycles. The normalized spacial score (nSPS) is 12.2. The molecule has 1 heterocycles. The molecule has 0 saturated heterocycles. The number of para-hydroxylation sites is 1. The van der Waals surface area contributed by atoms with Crippen molar-refractivity contribution in [3.05, 3.63) is 93.5 Å². The predicted molar refractivity (Wildman–Crippen MR) is 117 cm³/mol. The van der Waals surface area contributed by atoms with Gasteiger partial charge in [-0.05, 0) is 42.5 Å². The van der Waals surface area contributed by atoms with Crippen LogP contribution in [0.3, 0.4) is 0 Å². The number of hydrogen-bond donors (Lipinski definition) is 1. The molecule has 10 heteroatoms. The first-order valence-corrected chi connectivity index (χ1v) is 9.80. The molecule has 0 atom stereocenters. The molecular formula is C23H17N3O7. The van der Waals surface area contributed by atoms with Gasteiger partial charge in [0.15, 0.2) is 11.5 Å². The summed E-state index contributed by atoms with van der Waals surface area (Å²) in [6.45, 7) is 0.864. The molecule has 0 unspecified atom stereocenters. The van der Waals surface area contributed by atoms with E-state index in [1.807, 2.05) is 0 Å². The summed E-state index contributed by atoms with van der Waals surface area (Å²) < 4.78 is 16.3. The van der Waals surface area contributed by atoms with Gasteiger partial charge < -0.3 is 14.2 Å². The van der Waals surface area contributed by atoms with E-state index in [4.69, 9.17) is 14.2 Å². The van der Waals surface area contributed by atoms with E-state index < -0.39 is 16.8 Å². The highest BCUT2D eigenvalue weighted by Crippen LogP contribution is 2.30. The number of benzene rings is 3. The van der Waals surface area contributed by atoms with E-state index in [9.17, 15) is 19.7 Å². The Morgan fingerprint density at radius 1 is 0.970 bits per heavy atom. The van der Waals surface area contributed by atoms with Crippen molar-refractivity contribution in [1.82, 2.24) is 5.43 Å². The van der Waals surface area contributed by atoms with Gasteiger partial charge in [-0.3, -0.25) is 14.9 Å². The fourth-order valence-electron chi connectivity index (χ4n) is 2.97. The molecule has 0 fully saturated rings. The first-order valence-electron chi connectivity index (χ1n) is 9.80. The number of carbonyl (C=O) groups excluding carboxylic acids is 2. The Bertz CT molecular complexity index is 1240. The van der Waals surface area contributed by atoms with Crippen LogP contribution in [0.15, 0.2) is 71.8 Å². The summed E-state index contributed by atoms with van der Waals surface area (Å²) >= 11 is 0. The first-order chi connectivity index (χ1) is 16.0. The molecule has 1 aliphatic heterocycles. The predicted octanol–water partition coefficient (Wildman–Crippen LogP) is 3.35. The van der Waals surface area contributed by atoms with Crippen LogP contribution >= 0.6 is 0 Å². The maximum Gasteiger partial charge on any atom is 0.343 e. The lowest BCUT2D eigenvalue weighted by Gasteiger charge is -2.18. The van der Waals surface area contributed by atoms with Crippen LogP contribution in [-0.2, 0) is 0 Å². The molecule has 1 amide bonds. The fourth-order valence-corrected chi connectivity index (χ4v) is 2.97. The molecule has 33 heavy (non-hydrogen) atoms. The third-order valence-electron chi connectivity index (χ3n) is 4.61. The van der Waals surface area contributed by atoms with Gasteiger partial charge in [0.1, 0.15) is 19.0 Å². The summed E-state index contributed by atoms with van der Waals surface area (Å²) in [4.78, 5) is 35.0. The lowest BCUT2D eigenvalue weighted by molar-refractivity contribution is -0.384. The Kier molecular flexibility index (Phi) is 6.26. The van der Waals surface area contributed by atoms with Gasteiger partial charge in [0, 0.05) is 23.3 Å². The van der Waals surface area contributed by atoms with E-state index in [-0.39, 0.29) is 17.0 Å². The Labute approximate surface area is 187 Å². The van der Waals surface area contributed by atoms with Crippen molar-refractivity contribution in [3.8, 4) is 17.2 Å². The van der Waals surface area contributed by atoms with Crippen LogP contribution in [0.4, 0.5) is 5.69 Å².